The Bertz CT molecular complexity index is 1260. The third-order valence-electron chi connectivity index (χ3n) is 5.19. The van der Waals surface area contributed by atoms with Crippen LogP contribution in [0, 0.1) is 0 Å². The molecule has 9 heteroatoms. The average Bonchev–Trinajstić information content (AvgIpc) is 2.85. The van der Waals surface area contributed by atoms with Gasteiger partial charge in [-0.25, -0.2) is 9.97 Å². The fourth-order valence-electron chi connectivity index (χ4n) is 3.56. The summed E-state index contributed by atoms with van der Waals surface area (Å²) < 4.78 is 5.44. The highest BCUT2D eigenvalue weighted by molar-refractivity contribution is 6.04. The van der Waals surface area contributed by atoms with E-state index in [-0.39, 0.29) is 11.9 Å². The lowest BCUT2D eigenvalue weighted by atomic mass is 10.1. The summed E-state index contributed by atoms with van der Waals surface area (Å²) in [7, 11) is 0. The molecule has 0 atom stereocenters. The number of benzene rings is 2. The van der Waals surface area contributed by atoms with E-state index in [4.69, 9.17) is 15.5 Å². The predicted octanol–water partition coefficient (Wildman–Crippen LogP) is 2.76. The lowest BCUT2D eigenvalue weighted by Gasteiger charge is -2.28. The largest absolute Gasteiger partial charge is 0.378 e. The average molecular weight is 427 g/mol. The van der Waals surface area contributed by atoms with Crippen LogP contribution in [0.1, 0.15) is 10.4 Å². The van der Waals surface area contributed by atoms with Gasteiger partial charge in [0.05, 0.1) is 25.1 Å². The minimum Gasteiger partial charge on any atom is -0.378 e. The number of carbonyl (C=O) groups excluding carboxylic acids is 1. The Kier molecular flexibility index (Phi) is 5.30. The number of fused-ring (bicyclic) bond motifs is 1. The molecule has 0 aliphatic carbocycles. The Labute approximate surface area is 184 Å². The molecule has 2 aromatic heterocycles. The first kappa shape index (κ1) is 19.8. The number of nitrogens with one attached hydrogen (secondary N) is 1. The van der Waals surface area contributed by atoms with Gasteiger partial charge in [-0.3, -0.25) is 4.79 Å². The second-order valence-electron chi connectivity index (χ2n) is 7.33. The van der Waals surface area contributed by atoms with Crippen molar-refractivity contribution in [2.75, 3.05) is 42.3 Å². The standard InChI is InChI=1S/C23H21N7O2/c24-23-28-20-19(21(29-23)30-10-12-32-13-11-30)27-18(14-25-20)15-6-8-17(9-7-15)26-22(31)16-4-2-1-3-5-16/h1-9,14H,10-13H2,(H,26,31)(H2,24,25,28,29). The van der Waals surface area contributed by atoms with Crippen LogP contribution in [-0.4, -0.2) is 52.1 Å². The lowest BCUT2D eigenvalue weighted by molar-refractivity contribution is 0.102. The monoisotopic (exact) mass is 427 g/mol. The number of hydrogen-bond donors (Lipinski definition) is 2. The summed E-state index contributed by atoms with van der Waals surface area (Å²) in [5.41, 5.74) is 9.79. The van der Waals surface area contributed by atoms with Crippen molar-refractivity contribution in [3.05, 3.63) is 66.4 Å². The van der Waals surface area contributed by atoms with E-state index in [0.29, 0.717) is 60.2 Å². The summed E-state index contributed by atoms with van der Waals surface area (Å²) in [4.78, 5) is 32.3. The van der Waals surface area contributed by atoms with E-state index in [0.717, 1.165) is 5.56 Å². The van der Waals surface area contributed by atoms with Gasteiger partial charge in [-0.15, -0.1) is 0 Å². The summed E-state index contributed by atoms with van der Waals surface area (Å²) in [5.74, 6) is 0.671. The van der Waals surface area contributed by atoms with Gasteiger partial charge in [-0.05, 0) is 24.3 Å². The molecule has 0 unspecified atom stereocenters. The molecule has 9 nitrogen and oxygen atoms in total. The molecule has 1 aliphatic rings. The number of nitrogens with zero attached hydrogens (tertiary/aromatic N) is 5. The van der Waals surface area contributed by atoms with E-state index in [2.05, 4.69) is 25.2 Å². The zero-order valence-electron chi connectivity index (χ0n) is 17.2. The molecule has 160 valence electrons. The summed E-state index contributed by atoms with van der Waals surface area (Å²) in [6.07, 6.45) is 1.66. The van der Waals surface area contributed by atoms with Gasteiger partial charge in [0.15, 0.2) is 17.0 Å². The summed E-state index contributed by atoms with van der Waals surface area (Å²) >= 11 is 0. The van der Waals surface area contributed by atoms with Crippen LogP contribution in [0.3, 0.4) is 0 Å². The number of ether oxygens (including phenoxy) is 1. The highest BCUT2D eigenvalue weighted by Crippen LogP contribution is 2.26. The number of amides is 1. The number of nitrogen functional groups attached to an aromatic ring is 1. The number of anilines is 3. The van der Waals surface area contributed by atoms with E-state index in [1.165, 1.54) is 0 Å². The van der Waals surface area contributed by atoms with Crippen molar-refractivity contribution in [3.8, 4) is 11.3 Å². The van der Waals surface area contributed by atoms with Crippen LogP contribution in [0.4, 0.5) is 17.5 Å². The summed E-state index contributed by atoms with van der Waals surface area (Å²) in [6.45, 7) is 2.64. The molecule has 0 radical (unpaired) electrons. The van der Waals surface area contributed by atoms with Crippen LogP contribution in [-0.2, 0) is 4.74 Å². The number of nitrogens with two attached hydrogens (primary N) is 1. The van der Waals surface area contributed by atoms with Crippen molar-refractivity contribution >= 4 is 34.5 Å². The van der Waals surface area contributed by atoms with Gasteiger partial charge in [-0.1, -0.05) is 30.3 Å². The van der Waals surface area contributed by atoms with Gasteiger partial charge in [0, 0.05) is 29.9 Å². The maximum absolute atomic E-state index is 12.4. The van der Waals surface area contributed by atoms with Gasteiger partial charge >= 0.3 is 0 Å². The molecular weight excluding hydrogens is 406 g/mol. The fraction of sp³-hybridized carbons (Fsp3) is 0.174. The third kappa shape index (κ3) is 4.06. The molecule has 5 rings (SSSR count). The molecule has 0 saturated carbocycles. The van der Waals surface area contributed by atoms with E-state index in [1.54, 1.807) is 18.3 Å². The minimum absolute atomic E-state index is 0.159. The zero-order valence-corrected chi connectivity index (χ0v) is 17.2. The quantitative estimate of drug-likeness (QED) is 0.510. The van der Waals surface area contributed by atoms with Crippen molar-refractivity contribution in [3.63, 3.8) is 0 Å². The van der Waals surface area contributed by atoms with Gasteiger partial charge in [0.25, 0.3) is 5.91 Å². The molecule has 3 N–H and O–H groups in total. The first-order chi connectivity index (χ1) is 15.7. The maximum Gasteiger partial charge on any atom is 0.255 e. The zero-order chi connectivity index (χ0) is 21.9. The van der Waals surface area contributed by atoms with Crippen molar-refractivity contribution in [1.29, 1.82) is 0 Å². The Morgan fingerprint density at radius 3 is 2.47 bits per heavy atom. The van der Waals surface area contributed by atoms with Gasteiger partial charge in [0.1, 0.15) is 0 Å². The number of rotatable bonds is 4. The van der Waals surface area contributed by atoms with Gasteiger partial charge in [0.2, 0.25) is 5.95 Å². The normalized spacial score (nSPS) is 13.8. The topological polar surface area (TPSA) is 119 Å². The fourth-order valence-corrected chi connectivity index (χ4v) is 3.56. The van der Waals surface area contributed by atoms with E-state index in [1.807, 2.05) is 42.5 Å². The number of carbonyl (C=O) groups is 1. The van der Waals surface area contributed by atoms with Crippen LogP contribution in [0.25, 0.3) is 22.4 Å². The summed E-state index contributed by atoms with van der Waals surface area (Å²) in [5, 5.41) is 2.90. The molecule has 1 saturated heterocycles. The SMILES string of the molecule is Nc1nc(N2CCOCC2)c2nc(-c3ccc(NC(=O)c4ccccc4)cc3)cnc2n1. The van der Waals surface area contributed by atoms with Crippen molar-refractivity contribution in [2.24, 2.45) is 0 Å². The molecule has 32 heavy (non-hydrogen) atoms. The molecule has 2 aromatic carbocycles. The van der Waals surface area contributed by atoms with Crippen LogP contribution in [0.15, 0.2) is 60.8 Å². The second-order valence-corrected chi connectivity index (χ2v) is 7.33. The van der Waals surface area contributed by atoms with Gasteiger partial charge < -0.3 is 20.7 Å². The first-order valence-electron chi connectivity index (χ1n) is 10.3. The van der Waals surface area contributed by atoms with Crippen LogP contribution in [0.2, 0.25) is 0 Å². The van der Waals surface area contributed by atoms with Crippen molar-refractivity contribution in [2.45, 2.75) is 0 Å². The highest BCUT2D eigenvalue weighted by atomic mass is 16.5. The molecule has 4 aromatic rings. The van der Waals surface area contributed by atoms with E-state index in [9.17, 15) is 4.79 Å². The molecular formula is C23H21N7O2. The molecule has 0 spiro atoms. The molecule has 1 amide bonds. The van der Waals surface area contributed by atoms with E-state index < -0.39 is 0 Å². The number of hydrogen-bond acceptors (Lipinski definition) is 8. The first-order valence-corrected chi connectivity index (χ1v) is 10.3. The summed E-state index contributed by atoms with van der Waals surface area (Å²) in [6, 6.07) is 16.5. The molecule has 3 heterocycles. The maximum atomic E-state index is 12.4. The highest BCUT2D eigenvalue weighted by Gasteiger charge is 2.19. The molecule has 0 bridgehead atoms. The third-order valence-corrected chi connectivity index (χ3v) is 5.19. The van der Waals surface area contributed by atoms with Crippen LogP contribution >= 0.6 is 0 Å². The van der Waals surface area contributed by atoms with Crippen LogP contribution < -0.4 is 16.0 Å². The van der Waals surface area contributed by atoms with E-state index >= 15 is 0 Å². The van der Waals surface area contributed by atoms with Crippen molar-refractivity contribution < 1.29 is 9.53 Å². The minimum atomic E-state index is -0.159. The Hall–Kier alpha value is -4.11. The second kappa shape index (κ2) is 8.56. The Morgan fingerprint density at radius 2 is 1.72 bits per heavy atom. The number of aromatic nitrogens is 4. The molecule has 1 fully saturated rings. The van der Waals surface area contributed by atoms with Crippen molar-refractivity contribution in [1.82, 2.24) is 19.9 Å². The Morgan fingerprint density at radius 1 is 0.969 bits per heavy atom. The number of morpholine rings is 1. The Balaban J connectivity index is 1.43. The predicted molar refractivity (Wildman–Crippen MR) is 122 cm³/mol. The lowest BCUT2D eigenvalue weighted by Crippen LogP contribution is -2.37. The van der Waals surface area contributed by atoms with Crippen LogP contribution in [0.5, 0.6) is 0 Å². The molecule has 1 aliphatic heterocycles. The van der Waals surface area contributed by atoms with Gasteiger partial charge in [-0.2, -0.15) is 9.97 Å². The smallest absolute Gasteiger partial charge is 0.255 e.